The van der Waals surface area contributed by atoms with Crippen molar-refractivity contribution in [2.45, 2.75) is 0 Å². The number of anilines is 1. The molecule has 0 saturated carbocycles. The number of hydrogen-bond acceptors (Lipinski definition) is 2. The lowest BCUT2D eigenvalue weighted by Gasteiger charge is -2.06. The van der Waals surface area contributed by atoms with Crippen molar-refractivity contribution in [2.24, 2.45) is 0 Å². The van der Waals surface area contributed by atoms with Gasteiger partial charge in [-0.1, -0.05) is 12.1 Å². The molecular weight excluding hydrogens is 234 g/mol. The normalized spacial score (nSPS) is 10.4. The Hall–Kier alpha value is -2.55. The fourth-order valence-electron chi connectivity index (χ4n) is 2.10. The first kappa shape index (κ1) is 11.5. The van der Waals surface area contributed by atoms with Crippen LogP contribution >= 0.6 is 0 Å². The van der Waals surface area contributed by atoms with Crippen LogP contribution in [0.1, 0.15) is 0 Å². The topological polar surface area (TPSA) is 40.7 Å². The summed E-state index contributed by atoms with van der Waals surface area (Å²) in [5.74, 6) is 0. The second kappa shape index (κ2) is 4.98. The molecule has 0 radical (unpaired) electrons. The van der Waals surface area contributed by atoms with Gasteiger partial charge in [-0.25, -0.2) is 0 Å². The van der Waals surface area contributed by atoms with E-state index in [4.69, 9.17) is 0 Å². The highest BCUT2D eigenvalue weighted by Crippen LogP contribution is 2.25. The number of aromatic amines is 1. The van der Waals surface area contributed by atoms with Crippen LogP contribution in [0.4, 0.5) is 5.69 Å². The van der Waals surface area contributed by atoms with E-state index >= 15 is 0 Å². The zero-order chi connectivity index (χ0) is 13.1. The Labute approximate surface area is 112 Å². The summed E-state index contributed by atoms with van der Waals surface area (Å²) in [5.41, 5.74) is 5.44. The van der Waals surface area contributed by atoms with Crippen LogP contribution in [-0.4, -0.2) is 17.0 Å². The molecule has 0 unspecified atom stereocenters. The third kappa shape index (κ3) is 2.36. The van der Waals surface area contributed by atoms with Gasteiger partial charge >= 0.3 is 0 Å². The van der Waals surface area contributed by atoms with Gasteiger partial charge in [0.1, 0.15) is 0 Å². The Balaban J connectivity index is 2.03. The molecule has 19 heavy (non-hydrogen) atoms. The molecule has 0 fully saturated rings. The average molecular weight is 249 g/mol. The van der Waals surface area contributed by atoms with Crippen molar-refractivity contribution in [3.8, 4) is 22.5 Å². The second-order valence-corrected chi connectivity index (χ2v) is 4.34. The molecule has 0 aliphatic carbocycles. The molecule has 94 valence electrons. The van der Waals surface area contributed by atoms with Crippen LogP contribution in [0, 0.1) is 0 Å². The SMILES string of the molecule is CNc1cccc(-c2ccnc(-c3ccc[nH]3)c2)c1. The van der Waals surface area contributed by atoms with Crippen LogP contribution in [0.3, 0.4) is 0 Å². The molecule has 3 aromatic rings. The van der Waals surface area contributed by atoms with Gasteiger partial charge in [0.2, 0.25) is 0 Å². The van der Waals surface area contributed by atoms with Crippen molar-refractivity contribution >= 4 is 5.69 Å². The first-order valence-corrected chi connectivity index (χ1v) is 6.25. The van der Waals surface area contributed by atoms with E-state index in [9.17, 15) is 0 Å². The van der Waals surface area contributed by atoms with E-state index in [-0.39, 0.29) is 0 Å². The number of benzene rings is 1. The van der Waals surface area contributed by atoms with E-state index in [0.717, 1.165) is 22.6 Å². The molecular formula is C16H15N3. The number of pyridine rings is 1. The fourth-order valence-corrected chi connectivity index (χ4v) is 2.10. The number of hydrogen-bond donors (Lipinski definition) is 2. The molecule has 3 nitrogen and oxygen atoms in total. The molecule has 3 rings (SSSR count). The summed E-state index contributed by atoms with van der Waals surface area (Å²) in [6.45, 7) is 0. The highest BCUT2D eigenvalue weighted by molar-refractivity contribution is 5.71. The van der Waals surface area contributed by atoms with Gasteiger partial charge in [0.25, 0.3) is 0 Å². The van der Waals surface area contributed by atoms with Crippen LogP contribution in [0.25, 0.3) is 22.5 Å². The van der Waals surface area contributed by atoms with Crippen LogP contribution in [0.5, 0.6) is 0 Å². The van der Waals surface area contributed by atoms with Crippen molar-refractivity contribution in [2.75, 3.05) is 12.4 Å². The van der Waals surface area contributed by atoms with Crippen molar-refractivity contribution in [3.63, 3.8) is 0 Å². The molecule has 2 N–H and O–H groups in total. The maximum atomic E-state index is 4.40. The third-order valence-electron chi connectivity index (χ3n) is 3.12. The van der Waals surface area contributed by atoms with Gasteiger partial charge in [-0.05, 0) is 47.5 Å². The van der Waals surface area contributed by atoms with E-state index in [1.807, 2.05) is 37.6 Å². The predicted octanol–water partition coefficient (Wildman–Crippen LogP) is 3.79. The van der Waals surface area contributed by atoms with Gasteiger partial charge in [-0.2, -0.15) is 0 Å². The Morgan fingerprint density at radius 2 is 1.89 bits per heavy atom. The third-order valence-corrected chi connectivity index (χ3v) is 3.12. The summed E-state index contributed by atoms with van der Waals surface area (Å²) in [6, 6.07) is 16.5. The number of aromatic nitrogens is 2. The monoisotopic (exact) mass is 249 g/mol. The Kier molecular flexibility index (Phi) is 3.02. The summed E-state index contributed by atoms with van der Waals surface area (Å²) < 4.78 is 0. The van der Waals surface area contributed by atoms with Crippen LogP contribution in [0.15, 0.2) is 60.9 Å². The molecule has 3 heteroatoms. The zero-order valence-corrected chi connectivity index (χ0v) is 10.7. The number of rotatable bonds is 3. The Morgan fingerprint density at radius 3 is 2.68 bits per heavy atom. The van der Waals surface area contributed by atoms with E-state index in [1.165, 1.54) is 5.56 Å². The molecule has 1 aromatic carbocycles. The Bertz CT molecular complexity index is 672. The first-order valence-electron chi connectivity index (χ1n) is 6.25. The van der Waals surface area contributed by atoms with E-state index in [2.05, 4.69) is 45.6 Å². The number of nitrogens with zero attached hydrogens (tertiary/aromatic N) is 1. The molecule has 2 aromatic heterocycles. The summed E-state index contributed by atoms with van der Waals surface area (Å²) in [5, 5.41) is 3.16. The lowest BCUT2D eigenvalue weighted by atomic mass is 10.0. The molecule has 0 saturated heterocycles. The fraction of sp³-hybridized carbons (Fsp3) is 0.0625. The lowest BCUT2D eigenvalue weighted by molar-refractivity contribution is 1.28. The summed E-state index contributed by atoms with van der Waals surface area (Å²) in [4.78, 5) is 7.58. The highest BCUT2D eigenvalue weighted by Gasteiger charge is 2.03. The van der Waals surface area contributed by atoms with Gasteiger partial charge in [-0.3, -0.25) is 4.98 Å². The lowest BCUT2D eigenvalue weighted by Crippen LogP contribution is -1.89. The molecule has 0 atom stereocenters. The molecule has 2 heterocycles. The summed E-state index contributed by atoms with van der Waals surface area (Å²) in [6.07, 6.45) is 3.75. The van der Waals surface area contributed by atoms with Crippen molar-refractivity contribution in [1.82, 2.24) is 9.97 Å². The standard InChI is InChI=1S/C16H15N3/c1-17-14-5-2-4-12(10-14)13-7-9-19-16(11-13)15-6-3-8-18-15/h2-11,17-18H,1H3. The van der Waals surface area contributed by atoms with Gasteiger partial charge < -0.3 is 10.3 Å². The van der Waals surface area contributed by atoms with E-state index in [1.54, 1.807) is 0 Å². The smallest absolute Gasteiger partial charge is 0.0870 e. The van der Waals surface area contributed by atoms with E-state index in [0.29, 0.717) is 0 Å². The quantitative estimate of drug-likeness (QED) is 0.741. The number of nitrogens with one attached hydrogen (secondary N) is 2. The predicted molar refractivity (Wildman–Crippen MR) is 79.0 cm³/mol. The maximum absolute atomic E-state index is 4.40. The second-order valence-electron chi connectivity index (χ2n) is 4.34. The van der Waals surface area contributed by atoms with Crippen molar-refractivity contribution in [1.29, 1.82) is 0 Å². The van der Waals surface area contributed by atoms with Crippen LogP contribution in [0.2, 0.25) is 0 Å². The van der Waals surface area contributed by atoms with Crippen LogP contribution < -0.4 is 5.32 Å². The van der Waals surface area contributed by atoms with Gasteiger partial charge in [-0.15, -0.1) is 0 Å². The molecule has 0 amide bonds. The molecule has 0 bridgehead atoms. The molecule has 0 aliphatic rings. The summed E-state index contributed by atoms with van der Waals surface area (Å²) in [7, 11) is 1.93. The zero-order valence-electron chi connectivity index (χ0n) is 10.7. The minimum atomic E-state index is 0.956. The van der Waals surface area contributed by atoms with Gasteiger partial charge in [0.15, 0.2) is 0 Å². The van der Waals surface area contributed by atoms with Crippen molar-refractivity contribution < 1.29 is 0 Å². The molecule has 0 aliphatic heterocycles. The molecule has 0 spiro atoms. The maximum Gasteiger partial charge on any atom is 0.0870 e. The Morgan fingerprint density at radius 1 is 1.00 bits per heavy atom. The average Bonchev–Trinajstić information content (AvgIpc) is 3.02. The van der Waals surface area contributed by atoms with Crippen LogP contribution in [-0.2, 0) is 0 Å². The first-order chi connectivity index (χ1) is 9.36. The van der Waals surface area contributed by atoms with Gasteiger partial charge in [0, 0.05) is 25.1 Å². The van der Waals surface area contributed by atoms with E-state index < -0.39 is 0 Å². The minimum Gasteiger partial charge on any atom is -0.388 e. The summed E-state index contributed by atoms with van der Waals surface area (Å²) >= 11 is 0. The highest BCUT2D eigenvalue weighted by atomic mass is 14.8. The van der Waals surface area contributed by atoms with Gasteiger partial charge in [0.05, 0.1) is 11.4 Å². The minimum absolute atomic E-state index is 0.956. The van der Waals surface area contributed by atoms with Crippen molar-refractivity contribution in [3.05, 3.63) is 60.9 Å². The number of H-pyrrole nitrogens is 1. The largest absolute Gasteiger partial charge is 0.388 e.